The average Bonchev–Trinajstić information content (AvgIpc) is 2.88. The van der Waals surface area contributed by atoms with E-state index < -0.39 is 0 Å². The molecule has 1 heterocycles. The number of benzene rings is 2. The second kappa shape index (κ2) is 7.30. The molecule has 136 valence electrons. The van der Waals surface area contributed by atoms with Crippen LogP contribution in [-0.2, 0) is 0 Å². The first kappa shape index (κ1) is 18.1. The second-order valence-corrected chi connectivity index (χ2v) is 6.88. The van der Waals surface area contributed by atoms with Gasteiger partial charge in [0.25, 0.3) is 5.91 Å². The molecule has 0 saturated carbocycles. The van der Waals surface area contributed by atoms with Crippen molar-refractivity contribution in [2.45, 2.75) is 19.9 Å². The third-order valence-corrected chi connectivity index (χ3v) is 4.88. The van der Waals surface area contributed by atoms with E-state index in [1.54, 1.807) is 6.07 Å². The van der Waals surface area contributed by atoms with Gasteiger partial charge in [0, 0.05) is 28.7 Å². The van der Waals surface area contributed by atoms with Gasteiger partial charge in [-0.1, -0.05) is 12.1 Å². The van der Waals surface area contributed by atoms with Crippen molar-refractivity contribution in [3.05, 3.63) is 70.7 Å². The number of likely N-dealkylation sites (N-methyl/N-ethyl adjacent to an activating group) is 1. The lowest BCUT2D eigenvalue weighted by atomic mass is 10.1. The van der Waals surface area contributed by atoms with Gasteiger partial charge in [0.1, 0.15) is 5.82 Å². The van der Waals surface area contributed by atoms with Crippen molar-refractivity contribution in [2.24, 2.45) is 0 Å². The summed E-state index contributed by atoms with van der Waals surface area (Å²) in [5, 5.41) is 4.04. The first-order chi connectivity index (χ1) is 12.4. The third kappa shape index (κ3) is 3.63. The number of hydrogen-bond acceptors (Lipinski definition) is 2. The number of carbonyl (C=O) groups excluding carboxylic acids is 1. The van der Waals surface area contributed by atoms with Crippen molar-refractivity contribution in [2.75, 3.05) is 20.6 Å². The molecule has 0 aliphatic carbocycles. The monoisotopic (exact) mass is 353 g/mol. The number of aromatic nitrogens is 1. The average molecular weight is 353 g/mol. The highest BCUT2D eigenvalue weighted by Crippen LogP contribution is 2.23. The van der Waals surface area contributed by atoms with E-state index in [1.165, 1.54) is 12.1 Å². The highest BCUT2D eigenvalue weighted by molar-refractivity contribution is 5.99. The van der Waals surface area contributed by atoms with E-state index in [0.29, 0.717) is 12.1 Å². The Bertz CT molecular complexity index is 946. The normalized spacial score (nSPS) is 12.5. The summed E-state index contributed by atoms with van der Waals surface area (Å²) in [5.74, 6) is -0.405. The molecule has 2 N–H and O–H groups in total. The van der Waals surface area contributed by atoms with Crippen molar-refractivity contribution >= 4 is 16.8 Å². The molecule has 0 aliphatic rings. The lowest BCUT2D eigenvalue weighted by Crippen LogP contribution is -2.34. The van der Waals surface area contributed by atoms with Gasteiger partial charge in [-0.05, 0) is 69.4 Å². The Kier molecular flexibility index (Phi) is 5.09. The third-order valence-electron chi connectivity index (χ3n) is 4.88. The number of rotatable bonds is 5. The molecule has 0 saturated heterocycles. The smallest absolute Gasteiger partial charge is 0.251 e. The fourth-order valence-electron chi connectivity index (χ4n) is 3.21. The molecule has 1 atom stereocenters. The maximum Gasteiger partial charge on any atom is 0.251 e. The first-order valence-electron chi connectivity index (χ1n) is 8.66. The fraction of sp³-hybridized carbons (Fsp3) is 0.286. The number of amides is 1. The number of aryl methyl sites for hydroxylation is 2. The largest absolute Gasteiger partial charge is 0.358 e. The molecule has 1 amide bonds. The van der Waals surface area contributed by atoms with Gasteiger partial charge in [0.15, 0.2) is 0 Å². The molecule has 5 heteroatoms. The molecular formula is C21H24FN3O. The molecule has 0 fully saturated rings. The quantitative estimate of drug-likeness (QED) is 0.729. The molecule has 1 aromatic heterocycles. The summed E-state index contributed by atoms with van der Waals surface area (Å²) in [6.07, 6.45) is 0. The SMILES string of the molecule is Cc1[nH]c2ccc(C(=O)NC[C@@H](c3cccc(F)c3)N(C)C)cc2c1C. The van der Waals surface area contributed by atoms with E-state index in [0.717, 1.165) is 27.7 Å². The van der Waals surface area contributed by atoms with Crippen LogP contribution in [0, 0.1) is 19.7 Å². The molecule has 0 bridgehead atoms. The van der Waals surface area contributed by atoms with Crippen molar-refractivity contribution in [3.8, 4) is 0 Å². The maximum atomic E-state index is 13.5. The van der Waals surface area contributed by atoms with E-state index in [4.69, 9.17) is 0 Å². The van der Waals surface area contributed by atoms with Crippen molar-refractivity contribution in [3.63, 3.8) is 0 Å². The van der Waals surface area contributed by atoms with Gasteiger partial charge in [-0.15, -0.1) is 0 Å². The molecular weight excluding hydrogens is 329 g/mol. The van der Waals surface area contributed by atoms with Crippen LogP contribution in [0.5, 0.6) is 0 Å². The summed E-state index contributed by atoms with van der Waals surface area (Å²) in [6, 6.07) is 12.1. The Labute approximate surface area is 153 Å². The summed E-state index contributed by atoms with van der Waals surface area (Å²) < 4.78 is 13.5. The second-order valence-electron chi connectivity index (χ2n) is 6.88. The minimum absolute atomic E-state index is 0.102. The summed E-state index contributed by atoms with van der Waals surface area (Å²) in [6.45, 7) is 4.47. The molecule has 0 unspecified atom stereocenters. The molecule has 0 aliphatic heterocycles. The predicted octanol–water partition coefficient (Wildman–Crippen LogP) is 3.96. The number of carbonyl (C=O) groups is 1. The Morgan fingerprint density at radius 2 is 1.96 bits per heavy atom. The molecule has 3 aromatic rings. The van der Waals surface area contributed by atoms with E-state index in [-0.39, 0.29) is 17.8 Å². The fourth-order valence-corrected chi connectivity index (χ4v) is 3.21. The highest BCUT2D eigenvalue weighted by Gasteiger charge is 2.17. The Morgan fingerprint density at radius 3 is 2.65 bits per heavy atom. The summed E-state index contributed by atoms with van der Waals surface area (Å²) in [7, 11) is 3.83. The van der Waals surface area contributed by atoms with Crippen molar-refractivity contribution in [1.82, 2.24) is 15.2 Å². The van der Waals surface area contributed by atoms with Crippen molar-refractivity contribution < 1.29 is 9.18 Å². The number of halogens is 1. The van der Waals surface area contributed by atoms with E-state index >= 15 is 0 Å². The van der Waals surface area contributed by atoms with Crippen molar-refractivity contribution in [1.29, 1.82) is 0 Å². The molecule has 4 nitrogen and oxygen atoms in total. The number of nitrogens with zero attached hydrogens (tertiary/aromatic N) is 1. The highest BCUT2D eigenvalue weighted by atomic mass is 19.1. The van der Waals surface area contributed by atoms with E-state index in [9.17, 15) is 9.18 Å². The molecule has 0 radical (unpaired) electrons. The topological polar surface area (TPSA) is 48.1 Å². The summed E-state index contributed by atoms with van der Waals surface area (Å²) in [5.41, 5.74) is 4.75. The minimum Gasteiger partial charge on any atom is -0.358 e. The van der Waals surface area contributed by atoms with Gasteiger partial charge < -0.3 is 15.2 Å². The number of nitrogens with one attached hydrogen (secondary N) is 2. The Hall–Kier alpha value is -2.66. The van der Waals surface area contributed by atoms with Crippen LogP contribution in [-0.4, -0.2) is 36.4 Å². The minimum atomic E-state index is -0.274. The number of fused-ring (bicyclic) bond motifs is 1. The van der Waals surface area contributed by atoms with Crippen LogP contribution in [0.2, 0.25) is 0 Å². The molecule has 3 rings (SSSR count). The lowest BCUT2D eigenvalue weighted by molar-refractivity contribution is 0.0942. The Balaban J connectivity index is 1.77. The molecule has 0 spiro atoms. The lowest BCUT2D eigenvalue weighted by Gasteiger charge is -2.25. The van der Waals surface area contributed by atoms with Gasteiger partial charge in [-0.25, -0.2) is 4.39 Å². The molecule has 2 aromatic carbocycles. The number of H-pyrrole nitrogens is 1. The van der Waals surface area contributed by atoms with Gasteiger partial charge in [0.05, 0.1) is 6.04 Å². The van der Waals surface area contributed by atoms with Crippen LogP contribution in [0.15, 0.2) is 42.5 Å². The van der Waals surface area contributed by atoms with Crippen LogP contribution in [0.1, 0.15) is 33.2 Å². The zero-order chi connectivity index (χ0) is 18.8. The molecule has 26 heavy (non-hydrogen) atoms. The zero-order valence-electron chi connectivity index (χ0n) is 15.6. The summed E-state index contributed by atoms with van der Waals surface area (Å²) in [4.78, 5) is 17.9. The first-order valence-corrected chi connectivity index (χ1v) is 8.66. The van der Waals surface area contributed by atoms with Gasteiger partial charge >= 0.3 is 0 Å². The Morgan fingerprint density at radius 1 is 1.19 bits per heavy atom. The van der Waals surface area contributed by atoms with Crippen LogP contribution in [0.3, 0.4) is 0 Å². The van der Waals surface area contributed by atoms with Crippen LogP contribution >= 0.6 is 0 Å². The van der Waals surface area contributed by atoms with Crippen LogP contribution in [0.4, 0.5) is 4.39 Å². The van der Waals surface area contributed by atoms with Gasteiger partial charge in [0.2, 0.25) is 0 Å². The van der Waals surface area contributed by atoms with E-state index in [2.05, 4.69) is 10.3 Å². The standard InChI is InChI=1S/C21H24FN3O/c1-13-14(2)24-19-9-8-16(11-18(13)19)21(26)23-12-20(25(3)4)15-6-5-7-17(22)10-15/h5-11,20,24H,12H2,1-4H3,(H,23,26)/t20-/m0/s1. The predicted molar refractivity (Wildman–Crippen MR) is 103 cm³/mol. The van der Waals surface area contributed by atoms with E-state index in [1.807, 2.05) is 57.1 Å². The van der Waals surface area contributed by atoms with Gasteiger partial charge in [-0.3, -0.25) is 4.79 Å². The van der Waals surface area contributed by atoms with Crippen LogP contribution in [0.25, 0.3) is 10.9 Å². The number of hydrogen-bond donors (Lipinski definition) is 2. The van der Waals surface area contributed by atoms with Gasteiger partial charge in [-0.2, -0.15) is 0 Å². The maximum absolute atomic E-state index is 13.5. The number of aromatic amines is 1. The summed E-state index contributed by atoms with van der Waals surface area (Å²) >= 11 is 0. The van der Waals surface area contributed by atoms with Crippen LogP contribution < -0.4 is 5.32 Å². The zero-order valence-corrected chi connectivity index (χ0v) is 15.6.